The van der Waals surface area contributed by atoms with Gasteiger partial charge in [-0.25, -0.2) is 0 Å². The maximum Gasteiger partial charge on any atom is 0.294 e. The van der Waals surface area contributed by atoms with E-state index in [1.165, 1.54) is 13.8 Å². The topological polar surface area (TPSA) is 138 Å². The predicted octanol–water partition coefficient (Wildman–Crippen LogP) is -0.0698. The number of carbonyl (C=O) groups is 1. The van der Waals surface area contributed by atoms with Crippen LogP contribution in [0.3, 0.4) is 0 Å². The minimum atomic E-state index is -4.71. The van der Waals surface area contributed by atoms with Gasteiger partial charge in [0.2, 0.25) is 0 Å². The minimum absolute atomic E-state index is 0.675. The van der Waals surface area contributed by atoms with E-state index in [4.69, 9.17) is 9.11 Å². The molecule has 0 aromatic rings. The van der Waals surface area contributed by atoms with E-state index in [9.17, 15) is 21.6 Å². The Bertz CT molecular complexity index is 600. The molecule has 0 heterocycles. The van der Waals surface area contributed by atoms with Crippen LogP contribution in [-0.4, -0.2) is 37.2 Å². The highest BCUT2D eigenvalue weighted by atomic mass is 32.2. The van der Waals surface area contributed by atoms with Gasteiger partial charge in [0, 0.05) is 0 Å². The summed E-state index contributed by atoms with van der Waals surface area (Å²) in [5, 5.41) is 0.263. The van der Waals surface area contributed by atoms with Crippen molar-refractivity contribution in [2.24, 2.45) is 5.92 Å². The van der Waals surface area contributed by atoms with E-state index in [0.717, 1.165) is 0 Å². The first-order valence-corrected chi connectivity index (χ1v) is 7.85. The highest BCUT2D eigenvalue weighted by Gasteiger charge is 2.30. The zero-order valence-electron chi connectivity index (χ0n) is 10.3. The molecular formula is C9H15NO7S2. The van der Waals surface area contributed by atoms with Crippen LogP contribution in [-0.2, 0) is 25.0 Å². The molecule has 0 aliphatic rings. The Hall–Kier alpha value is -1.23. The molecule has 0 aliphatic carbocycles. The van der Waals surface area contributed by atoms with Crippen LogP contribution in [0.25, 0.3) is 0 Å². The maximum atomic E-state index is 11.6. The minimum Gasteiger partial charge on any atom is -0.333 e. The quantitative estimate of drug-likeness (QED) is 0.354. The second kappa shape index (κ2) is 5.82. The molecule has 1 atom stereocenters. The zero-order valence-corrected chi connectivity index (χ0v) is 12.0. The highest BCUT2D eigenvalue weighted by molar-refractivity contribution is 7.90. The van der Waals surface area contributed by atoms with Crippen molar-refractivity contribution in [2.75, 3.05) is 0 Å². The van der Waals surface area contributed by atoms with E-state index in [-0.39, 0.29) is 0 Å². The van der Waals surface area contributed by atoms with Crippen molar-refractivity contribution < 1.29 is 30.7 Å². The fraction of sp³-hybridized carbons (Fsp3) is 0.444. The Morgan fingerprint density at radius 1 is 1.11 bits per heavy atom. The zero-order chi connectivity index (χ0) is 15.6. The van der Waals surface area contributed by atoms with E-state index < -0.39 is 47.9 Å². The first-order chi connectivity index (χ1) is 8.28. The lowest BCUT2D eigenvalue weighted by Crippen LogP contribution is -2.44. The van der Waals surface area contributed by atoms with Crippen molar-refractivity contribution >= 4 is 26.1 Å². The monoisotopic (exact) mass is 313 g/mol. The standard InChI is InChI=1S/C9H15NO7S2/c1-5(2)9(19(15,16)17)10-8(11)6(3)7(4)18(12,13)14/h5,9H,3-4H2,1-2H3,(H,10,11)(H,12,13,14)(H,15,16,17). The SMILES string of the molecule is C=C(C(=C)S(=O)(=O)O)C(=O)NC(C(C)C)S(=O)(=O)O. The van der Waals surface area contributed by atoms with Gasteiger partial charge in [-0.3, -0.25) is 13.9 Å². The van der Waals surface area contributed by atoms with Crippen LogP contribution in [0.1, 0.15) is 13.8 Å². The lowest BCUT2D eigenvalue weighted by molar-refractivity contribution is -0.117. The summed E-state index contributed by atoms with van der Waals surface area (Å²) in [5.41, 5.74) is -0.725. The molecule has 0 saturated heterocycles. The number of rotatable bonds is 6. The molecule has 0 aromatic heterocycles. The van der Waals surface area contributed by atoms with Gasteiger partial charge in [0.1, 0.15) is 0 Å². The molecule has 0 spiro atoms. The third-order valence-corrected chi connectivity index (χ3v) is 4.29. The number of carbonyl (C=O) groups excluding carboxylic acids is 1. The molecular weight excluding hydrogens is 298 g/mol. The average Bonchev–Trinajstić information content (AvgIpc) is 2.19. The second-order valence-corrected chi connectivity index (χ2v) is 7.01. The Morgan fingerprint density at radius 2 is 1.53 bits per heavy atom. The van der Waals surface area contributed by atoms with Gasteiger partial charge < -0.3 is 5.32 Å². The second-order valence-electron chi connectivity index (χ2n) is 4.03. The average molecular weight is 313 g/mol. The molecule has 110 valence electrons. The first-order valence-electron chi connectivity index (χ1n) is 4.91. The summed E-state index contributed by atoms with van der Waals surface area (Å²) in [6, 6.07) is 0. The molecule has 19 heavy (non-hydrogen) atoms. The van der Waals surface area contributed by atoms with Gasteiger partial charge in [-0.05, 0) is 5.92 Å². The fourth-order valence-electron chi connectivity index (χ4n) is 1.08. The van der Waals surface area contributed by atoms with Gasteiger partial charge >= 0.3 is 0 Å². The van der Waals surface area contributed by atoms with Crippen molar-refractivity contribution in [1.82, 2.24) is 5.32 Å². The molecule has 10 heteroatoms. The summed E-state index contributed by atoms with van der Waals surface area (Å²) in [5.74, 6) is -1.86. The third-order valence-electron chi connectivity index (χ3n) is 2.12. The van der Waals surface area contributed by atoms with Crippen LogP contribution in [0.5, 0.6) is 0 Å². The predicted molar refractivity (Wildman–Crippen MR) is 68.1 cm³/mol. The summed E-state index contributed by atoms with van der Waals surface area (Å²) in [6.45, 7) is 8.87. The normalized spacial score (nSPS) is 13.9. The molecule has 0 fully saturated rings. The van der Waals surface area contributed by atoms with E-state index in [2.05, 4.69) is 13.2 Å². The molecule has 0 aliphatic heterocycles. The Balaban J connectivity index is 5.17. The largest absolute Gasteiger partial charge is 0.333 e. The molecule has 3 N–H and O–H groups in total. The highest BCUT2D eigenvalue weighted by Crippen LogP contribution is 2.14. The van der Waals surface area contributed by atoms with E-state index in [1.807, 2.05) is 5.32 Å². The van der Waals surface area contributed by atoms with E-state index in [0.29, 0.717) is 0 Å². The van der Waals surface area contributed by atoms with E-state index >= 15 is 0 Å². The van der Waals surface area contributed by atoms with Crippen molar-refractivity contribution in [3.8, 4) is 0 Å². The molecule has 8 nitrogen and oxygen atoms in total. The number of hydrogen-bond acceptors (Lipinski definition) is 5. The summed E-state index contributed by atoms with van der Waals surface area (Å²) < 4.78 is 61.1. The summed E-state index contributed by atoms with van der Waals surface area (Å²) in [6.07, 6.45) is 0. The van der Waals surface area contributed by atoms with Gasteiger partial charge in [-0.2, -0.15) is 16.8 Å². The van der Waals surface area contributed by atoms with E-state index in [1.54, 1.807) is 0 Å². The molecule has 1 amide bonds. The van der Waals surface area contributed by atoms with Gasteiger partial charge in [0.25, 0.3) is 26.1 Å². The van der Waals surface area contributed by atoms with Crippen molar-refractivity contribution in [3.05, 3.63) is 23.6 Å². The number of nitrogens with one attached hydrogen (secondary N) is 1. The number of amides is 1. The van der Waals surface area contributed by atoms with Gasteiger partial charge in [0.05, 0.1) is 10.5 Å². The van der Waals surface area contributed by atoms with Crippen LogP contribution >= 0.6 is 0 Å². The van der Waals surface area contributed by atoms with Gasteiger partial charge in [-0.15, -0.1) is 0 Å². The first kappa shape index (κ1) is 17.8. The van der Waals surface area contributed by atoms with Crippen LogP contribution in [0.4, 0.5) is 0 Å². The van der Waals surface area contributed by atoms with Crippen molar-refractivity contribution in [3.63, 3.8) is 0 Å². The van der Waals surface area contributed by atoms with Crippen LogP contribution in [0.2, 0.25) is 0 Å². The Morgan fingerprint density at radius 3 is 1.79 bits per heavy atom. The number of hydrogen-bond donors (Lipinski definition) is 3. The lowest BCUT2D eigenvalue weighted by atomic mass is 10.2. The molecule has 1 unspecified atom stereocenters. The summed E-state index contributed by atoms with van der Waals surface area (Å²) in [4.78, 5) is 10.6. The fourth-order valence-corrected chi connectivity index (χ4v) is 2.43. The Labute approximate surface area is 111 Å². The molecule has 0 rings (SSSR count). The van der Waals surface area contributed by atoms with Gasteiger partial charge in [-0.1, -0.05) is 27.0 Å². The van der Waals surface area contributed by atoms with Crippen molar-refractivity contribution in [2.45, 2.75) is 19.2 Å². The lowest BCUT2D eigenvalue weighted by Gasteiger charge is -2.19. The third kappa shape index (κ3) is 5.11. The van der Waals surface area contributed by atoms with Gasteiger partial charge in [0.15, 0.2) is 5.37 Å². The molecule has 0 aromatic carbocycles. The van der Waals surface area contributed by atoms with Crippen molar-refractivity contribution in [1.29, 1.82) is 0 Å². The van der Waals surface area contributed by atoms with Crippen LogP contribution in [0.15, 0.2) is 23.6 Å². The summed E-state index contributed by atoms with van der Waals surface area (Å²) in [7, 11) is -9.27. The van der Waals surface area contributed by atoms with Crippen LogP contribution in [0, 0.1) is 5.92 Å². The molecule has 0 radical (unpaired) electrons. The molecule has 0 saturated carbocycles. The summed E-state index contributed by atoms with van der Waals surface area (Å²) >= 11 is 0. The maximum absolute atomic E-state index is 11.6. The van der Waals surface area contributed by atoms with Crippen LogP contribution < -0.4 is 5.32 Å². The molecule has 0 bridgehead atoms. The smallest absolute Gasteiger partial charge is 0.294 e. The Kier molecular flexibility index (Phi) is 5.44.